The van der Waals surface area contributed by atoms with Gasteiger partial charge in [-0.3, -0.25) is 0 Å². The molecule has 0 rings (SSSR count). The first-order chi connectivity index (χ1) is 19.0. The number of ether oxygens (including phenoxy) is 1. The Morgan fingerprint density at radius 3 is 0.933 bits per heavy atom. The summed E-state index contributed by atoms with van der Waals surface area (Å²) in [6.07, 6.45) is -20.7. The highest BCUT2D eigenvalue weighted by Gasteiger charge is 2.99. The summed E-state index contributed by atoms with van der Waals surface area (Å²) < 4.78 is 338. The van der Waals surface area contributed by atoms with Gasteiger partial charge in [0.15, 0.2) is 0 Å². The molecule has 2 nitrogen and oxygen atoms in total. The van der Waals surface area contributed by atoms with E-state index < -0.39 is 95.9 Å². The maximum atomic E-state index is 13.8. The summed E-state index contributed by atoms with van der Waals surface area (Å²) in [4.78, 5) is 10.9. The third-order valence-corrected chi connectivity index (χ3v) is 5.27. The van der Waals surface area contributed by atoms with Crippen molar-refractivity contribution in [2.45, 2.75) is 91.3 Å². The predicted molar refractivity (Wildman–Crippen MR) is 90.6 cm³/mol. The topological polar surface area (TPSA) is 26.3 Å². The lowest BCUT2D eigenvalue weighted by Gasteiger charge is -2.45. The fraction of sp³-hybridized carbons (Fsp3) is 0.833. The SMILES string of the molecule is C=C(C)C(=O)OC(F)(F)C(F)(F)C(F)(F)C(F)(F)C(F)(F)C(F)(F)C(F)(F)C(F)(F)C(F)(F)C(F)(F)C(F)(F)CCC(F)(F)F. The van der Waals surface area contributed by atoms with Gasteiger partial charge in [-0.25, -0.2) is 4.79 Å². The normalized spacial score (nSPS) is 16.1. The number of hydrogen-bond acceptors (Lipinski definition) is 2. The minimum absolute atomic E-state index is 0.228. The van der Waals surface area contributed by atoms with E-state index in [9.17, 15) is 115 Å². The van der Waals surface area contributed by atoms with Gasteiger partial charge >= 0.3 is 77.5 Å². The minimum Gasteiger partial charge on any atom is -0.393 e. The number of halogens is 25. The summed E-state index contributed by atoms with van der Waals surface area (Å²) in [5, 5.41) is 0. The molecule has 0 atom stereocenters. The van der Waals surface area contributed by atoms with Crippen LogP contribution in [0.25, 0.3) is 0 Å². The van der Waals surface area contributed by atoms with E-state index in [1.165, 1.54) is 0 Å². The van der Waals surface area contributed by atoms with E-state index in [0.717, 1.165) is 0 Å². The Kier molecular flexibility index (Phi) is 10.4. The third-order valence-electron chi connectivity index (χ3n) is 5.27. The Bertz CT molecular complexity index is 1110. The molecule has 0 bridgehead atoms. The largest absolute Gasteiger partial charge is 0.473 e. The van der Waals surface area contributed by atoms with Crippen molar-refractivity contribution in [2.75, 3.05) is 0 Å². The van der Waals surface area contributed by atoms with Crippen LogP contribution in [-0.4, -0.2) is 77.5 Å². The lowest BCUT2D eigenvalue weighted by molar-refractivity contribution is -0.482. The van der Waals surface area contributed by atoms with E-state index in [0.29, 0.717) is 0 Å². The average Bonchev–Trinajstić information content (AvgIpc) is 2.80. The van der Waals surface area contributed by atoms with Crippen molar-refractivity contribution in [3.05, 3.63) is 12.2 Å². The zero-order valence-electron chi connectivity index (χ0n) is 20.4. The molecule has 0 aliphatic heterocycles. The molecule has 0 aromatic rings. The first-order valence-corrected chi connectivity index (χ1v) is 10.1. The number of rotatable bonds is 14. The average molecular weight is 732 g/mol. The van der Waals surface area contributed by atoms with Crippen LogP contribution in [0.1, 0.15) is 19.8 Å². The Morgan fingerprint density at radius 1 is 0.444 bits per heavy atom. The molecule has 0 aromatic carbocycles. The molecule has 0 fully saturated rings. The molecule has 0 N–H and O–H groups in total. The van der Waals surface area contributed by atoms with E-state index in [4.69, 9.17) is 0 Å². The van der Waals surface area contributed by atoms with Gasteiger partial charge in [-0.2, -0.15) is 110 Å². The minimum atomic E-state index is -9.56. The Labute approximate surface area is 230 Å². The summed E-state index contributed by atoms with van der Waals surface area (Å²) in [6, 6.07) is 0. The zero-order valence-corrected chi connectivity index (χ0v) is 20.4. The highest BCUT2D eigenvalue weighted by atomic mass is 19.4. The van der Waals surface area contributed by atoms with Crippen molar-refractivity contribution >= 4 is 5.97 Å². The molecule has 0 heterocycles. The second-order valence-corrected chi connectivity index (χ2v) is 8.68. The Morgan fingerprint density at radius 2 is 0.689 bits per heavy atom. The van der Waals surface area contributed by atoms with E-state index in [1.807, 2.05) is 0 Å². The predicted octanol–water partition coefficient (Wildman–Crippen LogP) is 9.39. The standard InChI is InChI=1S/C18H9F25O2/c1-5(2)6(44)45-18(42,43)17(40,41)16(38,39)15(36,37)14(34,35)13(32,33)12(30,31)11(28,29)10(26,27)9(24,25)7(19,20)3-4-8(21,22)23/h1,3-4H2,2H3. The molecule has 0 saturated heterocycles. The van der Waals surface area contributed by atoms with Crippen LogP contribution in [0.5, 0.6) is 0 Å². The summed E-state index contributed by atoms with van der Waals surface area (Å²) in [7, 11) is 0. The lowest BCUT2D eigenvalue weighted by Crippen LogP contribution is -2.77. The summed E-state index contributed by atoms with van der Waals surface area (Å²) >= 11 is 0. The van der Waals surface area contributed by atoms with E-state index >= 15 is 0 Å². The van der Waals surface area contributed by atoms with Crippen LogP contribution < -0.4 is 0 Å². The molecular formula is C18H9F25O2. The molecule has 0 radical (unpaired) electrons. The van der Waals surface area contributed by atoms with Crippen molar-refractivity contribution in [1.82, 2.24) is 0 Å². The van der Waals surface area contributed by atoms with Crippen LogP contribution in [0.3, 0.4) is 0 Å². The quantitative estimate of drug-likeness (QED) is 0.101. The molecule has 0 unspecified atom stereocenters. The molecule has 45 heavy (non-hydrogen) atoms. The molecule has 0 amide bonds. The van der Waals surface area contributed by atoms with Gasteiger partial charge in [-0.15, -0.1) is 0 Å². The van der Waals surface area contributed by atoms with E-state index in [-0.39, 0.29) is 6.92 Å². The molecule has 268 valence electrons. The first kappa shape index (κ1) is 42.5. The van der Waals surface area contributed by atoms with Gasteiger partial charge in [0.1, 0.15) is 0 Å². The second-order valence-electron chi connectivity index (χ2n) is 8.68. The highest BCUT2D eigenvalue weighted by molar-refractivity contribution is 5.87. The van der Waals surface area contributed by atoms with Crippen LogP contribution in [0.2, 0.25) is 0 Å². The molecule has 0 aromatic heterocycles. The fourth-order valence-corrected chi connectivity index (χ4v) is 2.52. The Hall–Kier alpha value is -2.54. The lowest BCUT2D eigenvalue weighted by atomic mass is 9.85. The Balaban J connectivity index is 7.20. The molecule has 0 aliphatic carbocycles. The van der Waals surface area contributed by atoms with Gasteiger partial charge in [0.25, 0.3) is 0 Å². The maximum absolute atomic E-state index is 13.8. The van der Waals surface area contributed by atoms with Crippen LogP contribution in [0.15, 0.2) is 12.2 Å². The van der Waals surface area contributed by atoms with Gasteiger partial charge < -0.3 is 4.74 Å². The summed E-state index contributed by atoms with van der Waals surface area (Å²) in [6.45, 7) is 2.58. The highest BCUT2D eigenvalue weighted by Crippen LogP contribution is 2.67. The summed E-state index contributed by atoms with van der Waals surface area (Å²) in [5.41, 5.74) is -1.50. The fourth-order valence-electron chi connectivity index (χ4n) is 2.52. The zero-order chi connectivity index (χ0) is 37.3. The van der Waals surface area contributed by atoms with Crippen molar-refractivity contribution in [3.63, 3.8) is 0 Å². The van der Waals surface area contributed by atoms with Crippen LogP contribution >= 0.6 is 0 Å². The number of carbonyl (C=O) groups excluding carboxylic acids is 1. The van der Waals surface area contributed by atoms with Crippen LogP contribution in [0, 0.1) is 0 Å². The van der Waals surface area contributed by atoms with Gasteiger partial charge in [-0.05, 0) is 6.92 Å². The van der Waals surface area contributed by atoms with Gasteiger partial charge in [0.05, 0.1) is 0 Å². The van der Waals surface area contributed by atoms with Gasteiger partial charge in [0, 0.05) is 18.4 Å². The van der Waals surface area contributed by atoms with Crippen molar-refractivity contribution in [1.29, 1.82) is 0 Å². The number of carbonyl (C=O) groups is 1. The molecule has 0 saturated carbocycles. The second kappa shape index (κ2) is 11.0. The summed E-state index contributed by atoms with van der Waals surface area (Å²) in [5.74, 6) is -92.6. The molecular weight excluding hydrogens is 723 g/mol. The van der Waals surface area contributed by atoms with E-state index in [1.54, 1.807) is 0 Å². The number of alkyl halides is 25. The van der Waals surface area contributed by atoms with Crippen LogP contribution in [0.4, 0.5) is 110 Å². The number of esters is 1. The molecule has 0 aliphatic rings. The first-order valence-electron chi connectivity index (χ1n) is 10.1. The smallest absolute Gasteiger partial charge is 0.393 e. The number of hydrogen-bond donors (Lipinski definition) is 0. The van der Waals surface area contributed by atoms with Crippen molar-refractivity contribution < 1.29 is 119 Å². The third kappa shape index (κ3) is 6.03. The van der Waals surface area contributed by atoms with Crippen molar-refractivity contribution in [3.8, 4) is 0 Å². The molecule has 27 heteroatoms. The molecule has 0 spiro atoms. The van der Waals surface area contributed by atoms with Crippen LogP contribution in [-0.2, 0) is 9.53 Å². The monoisotopic (exact) mass is 732 g/mol. The van der Waals surface area contributed by atoms with Gasteiger partial charge in [-0.1, -0.05) is 6.58 Å². The maximum Gasteiger partial charge on any atom is 0.473 e. The van der Waals surface area contributed by atoms with Gasteiger partial charge in [0.2, 0.25) is 0 Å². The van der Waals surface area contributed by atoms with E-state index in [2.05, 4.69) is 11.3 Å². The van der Waals surface area contributed by atoms with Crippen molar-refractivity contribution in [2.24, 2.45) is 0 Å².